The number of H-pyrrole nitrogens is 1. The highest BCUT2D eigenvalue weighted by atomic mass is 15.3. The van der Waals surface area contributed by atoms with Gasteiger partial charge in [0.15, 0.2) is 0 Å². The maximum absolute atomic E-state index is 4.60. The molecule has 3 heterocycles. The van der Waals surface area contributed by atoms with Crippen molar-refractivity contribution in [3.05, 3.63) is 35.9 Å². The van der Waals surface area contributed by atoms with Crippen LogP contribution in [0.2, 0.25) is 0 Å². The van der Waals surface area contributed by atoms with Crippen molar-refractivity contribution in [1.29, 1.82) is 0 Å². The molecule has 1 aliphatic heterocycles. The van der Waals surface area contributed by atoms with Crippen molar-refractivity contribution in [2.75, 3.05) is 6.54 Å². The van der Waals surface area contributed by atoms with Crippen molar-refractivity contribution in [2.45, 2.75) is 57.2 Å². The third-order valence-corrected chi connectivity index (χ3v) is 4.98. The SMILES string of the molecule is c1cc(C2CCCN2Cc2cnn(C3CCCC3)c2)[nH]n1. The largest absolute Gasteiger partial charge is 0.290 e. The minimum atomic E-state index is 0.488. The minimum Gasteiger partial charge on any atom is -0.290 e. The average Bonchev–Trinajstić information content (AvgIpc) is 3.28. The lowest BCUT2D eigenvalue weighted by Gasteiger charge is -2.22. The van der Waals surface area contributed by atoms with Crippen molar-refractivity contribution in [3.8, 4) is 0 Å². The van der Waals surface area contributed by atoms with Crippen LogP contribution in [-0.2, 0) is 6.54 Å². The smallest absolute Gasteiger partial charge is 0.0534 e. The Labute approximate surface area is 125 Å². The lowest BCUT2D eigenvalue weighted by molar-refractivity contribution is 0.244. The summed E-state index contributed by atoms with van der Waals surface area (Å²) in [5.74, 6) is 0. The summed E-state index contributed by atoms with van der Waals surface area (Å²) in [4.78, 5) is 2.55. The Kier molecular flexibility index (Phi) is 3.51. The number of hydrogen-bond donors (Lipinski definition) is 1. The van der Waals surface area contributed by atoms with Crippen LogP contribution in [0.4, 0.5) is 0 Å². The molecule has 0 bridgehead atoms. The second-order valence-corrected chi connectivity index (χ2v) is 6.41. The normalized spacial score (nSPS) is 24.1. The summed E-state index contributed by atoms with van der Waals surface area (Å²) in [6, 6.07) is 3.23. The number of nitrogens with zero attached hydrogens (tertiary/aromatic N) is 4. The highest BCUT2D eigenvalue weighted by Crippen LogP contribution is 2.32. The molecule has 2 aromatic rings. The first-order valence-corrected chi connectivity index (χ1v) is 8.16. The lowest BCUT2D eigenvalue weighted by Crippen LogP contribution is -2.22. The van der Waals surface area contributed by atoms with Gasteiger partial charge in [0.05, 0.1) is 24.0 Å². The molecular formula is C16H23N5. The van der Waals surface area contributed by atoms with Gasteiger partial charge in [0.2, 0.25) is 0 Å². The average molecular weight is 285 g/mol. The van der Waals surface area contributed by atoms with Crippen molar-refractivity contribution < 1.29 is 0 Å². The summed E-state index contributed by atoms with van der Waals surface area (Å²) in [7, 11) is 0. The summed E-state index contributed by atoms with van der Waals surface area (Å²) >= 11 is 0. The van der Waals surface area contributed by atoms with Crippen LogP contribution < -0.4 is 0 Å². The molecule has 0 amide bonds. The topological polar surface area (TPSA) is 49.7 Å². The van der Waals surface area contributed by atoms with Crippen LogP contribution in [0.3, 0.4) is 0 Å². The third-order valence-electron chi connectivity index (χ3n) is 4.98. The predicted octanol–water partition coefficient (Wildman–Crippen LogP) is 3.06. The molecule has 4 rings (SSSR count). The van der Waals surface area contributed by atoms with Gasteiger partial charge in [-0.25, -0.2) is 0 Å². The Morgan fingerprint density at radius 2 is 2.10 bits per heavy atom. The first-order valence-electron chi connectivity index (χ1n) is 8.16. The molecule has 21 heavy (non-hydrogen) atoms. The first kappa shape index (κ1) is 13.1. The standard InChI is InChI=1S/C16H23N5/c1-2-5-14(4-1)21-12-13(10-18-21)11-20-9-3-6-16(20)15-7-8-17-19-15/h7-8,10,12,14,16H,1-6,9,11H2,(H,17,19). The number of rotatable bonds is 4. The molecular weight excluding hydrogens is 262 g/mol. The molecule has 5 nitrogen and oxygen atoms in total. The van der Waals surface area contributed by atoms with E-state index in [4.69, 9.17) is 0 Å². The second-order valence-electron chi connectivity index (χ2n) is 6.41. The fourth-order valence-corrected chi connectivity index (χ4v) is 3.88. The van der Waals surface area contributed by atoms with E-state index < -0.39 is 0 Å². The van der Waals surface area contributed by atoms with Gasteiger partial charge in [-0.1, -0.05) is 12.8 Å². The zero-order valence-electron chi connectivity index (χ0n) is 12.4. The Morgan fingerprint density at radius 1 is 1.19 bits per heavy atom. The van der Waals surface area contributed by atoms with Crippen molar-refractivity contribution >= 4 is 0 Å². The fourth-order valence-electron chi connectivity index (χ4n) is 3.88. The highest BCUT2D eigenvalue weighted by molar-refractivity contribution is 5.10. The van der Waals surface area contributed by atoms with E-state index in [1.165, 1.54) is 49.8 Å². The van der Waals surface area contributed by atoms with Gasteiger partial charge in [-0.3, -0.25) is 14.7 Å². The molecule has 1 aliphatic carbocycles. The van der Waals surface area contributed by atoms with E-state index in [1.807, 2.05) is 6.20 Å². The molecule has 1 saturated carbocycles. The Morgan fingerprint density at radius 3 is 2.90 bits per heavy atom. The molecule has 5 heteroatoms. The molecule has 2 fully saturated rings. The highest BCUT2D eigenvalue weighted by Gasteiger charge is 2.27. The Bertz CT molecular complexity index is 567. The zero-order valence-corrected chi connectivity index (χ0v) is 12.4. The maximum atomic E-state index is 4.60. The lowest BCUT2D eigenvalue weighted by atomic mass is 10.1. The molecule has 1 N–H and O–H groups in total. The van der Waals surface area contributed by atoms with Gasteiger partial charge >= 0.3 is 0 Å². The van der Waals surface area contributed by atoms with Crippen LogP contribution in [0.1, 0.15) is 61.9 Å². The van der Waals surface area contributed by atoms with Crippen molar-refractivity contribution in [1.82, 2.24) is 24.9 Å². The first-order chi connectivity index (χ1) is 10.4. The molecule has 0 spiro atoms. The molecule has 2 aliphatic rings. The molecule has 0 radical (unpaired) electrons. The van der Waals surface area contributed by atoms with Crippen LogP contribution in [0.25, 0.3) is 0 Å². The van der Waals surface area contributed by atoms with Gasteiger partial charge in [0.1, 0.15) is 0 Å². The Balaban J connectivity index is 1.45. The van der Waals surface area contributed by atoms with E-state index in [0.29, 0.717) is 12.1 Å². The maximum Gasteiger partial charge on any atom is 0.0534 e. The fraction of sp³-hybridized carbons (Fsp3) is 0.625. The monoisotopic (exact) mass is 285 g/mol. The van der Waals surface area contributed by atoms with E-state index in [1.54, 1.807) is 0 Å². The number of likely N-dealkylation sites (tertiary alicyclic amines) is 1. The van der Waals surface area contributed by atoms with Crippen LogP contribution >= 0.6 is 0 Å². The summed E-state index contributed by atoms with van der Waals surface area (Å²) in [6.45, 7) is 2.16. The van der Waals surface area contributed by atoms with E-state index in [0.717, 1.165) is 13.1 Å². The number of hydrogen-bond acceptors (Lipinski definition) is 3. The Hall–Kier alpha value is -1.62. The van der Waals surface area contributed by atoms with E-state index in [2.05, 4.69) is 43.3 Å². The number of aromatic nitrogens is 4. The van der Waals surface area contributed by atoms with Gasteiger partial charge in [-0.2, -0.15) is 10.2 Å². The molecule has 1 saturated heterocycles. The van der Waals surface area contributed by atoms with Crippen LogP contribution in [0, 0.1) is 0 Å². The van der Waals surface area contributed by atoms with Gasteiger partial charge in [0, 0.05) is 24.5 Å². The van der Waals surface area contributed by atoms with Crippen molar-refractivity contribution in [2.24, 2.45) is 0 Å². The quantitative estimate of drug-likeness (QED) is 0.939. The van der Waals surface area contributed by atoms with Gasteiger partial charge in [-0.05, 0) is 38.3 Å². The molecule has 2 aromatic heterocycles. The van der Waals surface area contributed by atoms with E-state index in [9.17, 15) is 0 Å². The van der Waals surface area contributed by atoms with Crippen LogP contribution in [0.5, 0.6) is 0 Å². The summed E-state index contributed by atoms with van der Waals surface area (Å²) < 4.78 is 2.20. The summed E-state index contributed by atoms with van der Waals surface area (Å²) in [6.07, 6.45) is 14.0. The van der Waals surface area contributed by atoms with Gasteiger partial charge < -0.3 is 0 Å². The van der Waals surface area contributed by atoms with Crippen LogP contribution in [-0.4, -0.2) is 31.4 Å². The molecule has 112 valence electrons. The van der Waals surface area contributed by atoms with Crippen LogP contribution in [0.15, 0.2) is 24.7 Å². The van der Waals surface area contributed by atoms with E-state index >= 15 is 0 Å². The molecule has 1 atom stereocenters. The number of nitrogens with one attached hydrogen (secondary N) is 1. The molecule has 1 unspecified atom stereocenters. The van der Waals surface area contributed by atoms with Crippen molar-refractivity contribution in [3.63, 3.8) is 0 Å². The van der Waals surface area contributed by atoms with E-state index in [-0.39, 0.29) is 0 Å². The molecule has 0 aromatic carbocycles. The zero-order chi connectivity index (χ0) is 14.1. The predicted molar refractivity (Wildman–Crippen MR) is 80.7 cm³/mol. The minimum absolute atomic E-state index is 0.488. The third kappa shape index (κ3) is 2.62. The number of aromatic amines is 1. The van der Waals surface area contributed by atoms with Gasteiger partial charge in [0.25, 0.3) is 0 Å². The second kappa shape index (κ2) is 5.64. The van der Waals surface area contributed by atoms with Gasteiger partial charge in [-0.15, -0.1) is 0 Å². The summed E-state index contributed by atoms with van der Waals surface area (Å²) in [5.41, 5.74) is 2.59. The summed E-state index contributed by atoms with van der Waals surface area (Å²) in [5, 5.41) is 11.8.